The predicted octanol–water partition coefficient (Wildman–Crippen LogP) is 2.88. The van der Waals surface area contributed by atoms with Gasteiger partial charge in [0.2, 0.25) is 11.7 Å². The third kappa shape index (κ3) is 2.10. The van der Waals surface area contributed by atoms with Crippen molar-refractivity contribution in [1.29, 1.82) is 5.26 Å². The molecule has 0 aliphatic carbocycles. The largest absolute Gasteiger partial charge is 0.438 e. The van der Waals surface area contributed by atoms with Gasteiger partial charge in [-0.3, -0.25) is 0 Å². The summed E-state index contributed by atoms with van der Waals surface area (Å²) in [5.74, 6) is 1.03. The maximum absolute atomic E-state index is 8.79. The zero-order valence-electron chi connectivity index (χ0n) is 10.4. The van der Waals surface area contributed by atoms with Crippen LogP contribution in [0.5, 0.6) is 11.6 Å². The number of anilines is 1. The van der Waals surface area contributed by atoms with Gasteiger partial charge in [0.05, 0.1) is 0 Å². The summed E-state index contributed by atoms with van der Waals surface area (Å²) in [5, 5.41) is 10.6. The van der Waals surface area contributed by atoms with Crippen LogP contribution in [-0.2, 0) is 0 Å². The van der Waals surface area contributed by atoms with Crippen molar-refractivity contribution in [2.75, 3.05) is 5.73 Å². The smallest absolute Gasteiger partial charge is 0.235 e. The summed E-state index contributed by atoms with van der Waals surface area (Å²) >= 11 is 0. The number of aromatic nitrogens is 2. The van der Waals surface area contributed by atoms with Gasteiger partial charge >= 0.3 is 0 Å². The summed E-state index contributed by atoms with van der Waals surface area (Å²) in [6.45, 7) is 0. The Hall–Kier alpha value is -3.13. The number of hydrogen-bond donors (Lipinski definition) is 1. The highest BCUT2D eigenvalue weighted by Crippen LogP contribution is 2.32. The van der Waals surface area contributed by atoms with Crippen molar-refractivity contribution in [3.63, 3.8) is 0 Å². The summed E-state index contributed by atoms with van der Waals surface area (Å²) < 4.78 is 5.73. The van der Waals surface area contributed by atoms with Crippen molar-refractivity contribution in [2.45, 2.75) is 0 Å². The third-order valence-electron chi connectivity index (χ3n) is 2.86. The quantitative estimate of drug-likeness (QED) is 0.718. The van der Waals surface area contributed by atoms with Crippen LogP contribution in [0.1, 0.15) is 5.82 Å². The Kier molecular flexibility index (Phi) is 2.90. The Balaban J connectivity index is 2.07. The second-order valence-electron chi connectivity index (χ2n) is 4.13. The number of nitrogens with zero attached hydrogens (tertiary/aromatic N) is 3. The molecular formula is C15H10N4O. The number of rotatable bonds is 2. The number of nitrogen functional groups attached to an aromatic ring is 1. The van der Waals surface area contributed by atoms with Crippen LogP contribution in [0, 0.1) is 11.3 Å². The van der Waals surface area contributed by atoms with Gasteiger partial charge in [0.15, 0.2) is 0 Å². The van der Waals surface area contributed by atoms with Gasteiger partial charge in [0.25, 0.3) is 0 Å². The molecule has 20 heavy (non-hydrogen) atoms. The summed E-state index contributed by atoms with van der Waals surface area (Å²) in [4.78, 5) is 7.79. The minimum atomic E-state index is 0.0715. The molecule has 0 bridgehead atoms. The molecule has 0 fully saturated rings. The molecule has 0 saturated carbocycles. The average Bonchev–Trinajstić information content (AvgIpc) is 2.51. The number of benzene rings is 2. The average molecular weight is 262 g/mol. The first-order valence-corrected chi connectivity index (χ1v) is 5.96. The second-order valence-corrected chi connectivity index (χ2v) is 4.13. The summed E-state index contributed by atoms with van der Waals surface area (Å²) in [6.07, 6.45) is 1.49. The first-order valence-electron chi connectivity index (χ1n) is 5.96. The minimum absolute atomic E-state index is 0.0715. The molecule has 5 nitrogen and oxygen atoms in total. The standard InChI is InChI=1S/C15H10N4O/c16-9-14-18-8-7-15(19-14)20-13-6-5-12(17)10-3-1-2-4-11(10)13/h1-8H,17H2. The summed E-state index contributed by atoms with van der Waals surface area (Å²) in [6, 6.07) is 14.7. The van der Waals surface area contributed by atoms with Crippen LogP contribution in [-0.4, -0.2) is 9.97 Å². The van der Waals surface area contributed by atoms with E-state index in [9.17, 15) is 0 Å². The molecule has 0 saturated heterocycles. The van der Waals surface area contributed by atoms with Crippen LogP contribution in [0.25, 0.3) is 10.8 Å². The molecule has 0 aliphatic heterocycles. The molecule has 3 aromatic rings. The van der Waals surface area contributed by atoms with Gasteiger partial charge in [-0.2, -0.15) is 10.2 Å². The van der Waals surface area contributed by atoms with E-state index < -0.39 is 0 Å². The van der Waals surface area contributed by atoms with E-state index >= 15 is 0 Å². The van der Waals surface area contributed by atoms with Crippen molar-refractivity contribution in [1.82, 2.24) is 9.97 Å². The van der Waals surface area contributed by atoms with Crippen LogP contribution in [0.2, 0.25) is 0 Å². The van der Waals surface area contributed by atoms with Gasteiger partial charge in [-0.25, -0.2) is 4.98 Å². The van der Waals surface area contributed by atoms with Gasteiger partial charge in [-0.15, -0.1) is 0 Å². The van der Waals surface area contributed by atoms with Crippen molar-refractivity contribution in [3.05, 3.63) is 54.5 Å². The van der Waals surface area contributed by atoms with Gasteiger partial charge in [0, 0.05) is 28.7 Å². The van der Waals surface area contributed by atoms with E-state index in [1.807, 2.05) is 30.3 Å². The Morgan fingerprint density at radius 1 is 1.05 bits per heavy atom. The fourth-order valence-corrected chi connectivity index (χ4v) is 1.95. The molecular weight excluding hydrogens is 252 g/mol. The van der Waals surface area contributed by atoms with E-state index in [1.165, 1.54) is 6.20 Å². The van der Waals surface area contributed by atoms with E-state index in [1.54, 1.807) is 18.2 Å². The summed E-state index contributed by atoms with van der Waals surface area (Å²) in [5.41, 5.74) is 6.63. The van der Waals surface area contributed by atoms with Crippen molar-refractivity contribution >= 4 is 16.5 Å². The molecule has 0 amide bonds. The van der Waals surface area contributed by atoms with Crippen molar-refractivity contribution in [2.24, 2.45) is 0 Å². The molecule has 1 aromatic heterocycles. The van der Waals surface area contributed by atoms with Crippen LogP contribution in [0.3, 0.4) is 0 Å². The zero-order valence-corrected chi connectivity index (χ0v) is 10.4. The zero-order chi connectivity index (χ0) is 13.9. The minimum Gasteiger partial charge on any atom is -0.438 e. The Labute approximate surface area is 115 Å². The Morgan fingerprint density at radius 3 is 2.65 bits per heavy atom. The van der Waals surface area contributed by atoms with Gasteiger partial charge in [-0.1, -0.05) is 24.3 Å². The van der Waals surface area contributed by atoms with Gasteiger partial charge < -0.3 is 10.5 Å². The van der Waals surface area contributed by atoms with Crippen LogP contribution in [0.15, 0.2) is 48.7 Å². The van der Waals surface area contributed by atoms with E-state index in [2.05, 4.69) is 9.97 Å². The topological polar surface area (TPSA) is 84.8 Å². The number of nitrogens with two attached hydrogens (primary N) is 1. The first kappa shape index (κ1) is 11.9. The van der Waals surface area contributed by atoms with E-state index in [-0.39, 0.29) is 5.82 Å². The molecule has 0 atom stereocenters. The van der Waals surface area contributed by atoms with Gasteiger partial charge in [0.1, 0.15) is 11.8 Å². The Morgan fingerprint density at radius 2 is 1.85 bits per heavy atom. The number of nitriles is 1. The highest BCUT2D eigenvalue weighted by Gasteiger charge is 2.07. The molecule has 3 rings (SSSR count). The van der Waals surface area contributed by atoms with Crippen LogP contribution < -0.4 is 10.5 Å². The first-order chi connectivity index (χ1) is 9.78. The lowest BCUT2D eigenvalue weighted by Gasteiger charge is -2.09. The monoisotopic (exact) mass is 262 g/mol. The highest BCUT2D eigenvalue weighted by molar-refractivity contribution is 5.97. The number of fused-ring (bicyclic) bond motifs is 1. The third-order valence-corrected chi connectivity index (χ3v) is 2.86. The maximum Gasteiger partial charge on any atom is 0.235 e. The van der Waals surface area contributed by atoms with E-state index in [4.69, 9.17) is 15.7 Å². The molecule has 0 radical (unpaired) electrons. The second kappa shape index (κ2) is 4.86. The lowest BCUT2D eigenvalue weighted by atomic mass is 10.1. The molecule has 5 heteroatoms. The van der Waals surface area contributed by atoms with Crippen molar-refractivity contribution in [3.8, 4) is 17.7 Å². The van der Waals surface area contributed by atoms with Gasteiger partial charge in [-0.05, 0) is 12.1 Å². The number of hydrogen-bond acceptors (Lipinski definition) is 5. The lowest BCUT2D eigenvalue weighted by Crippen LogP contribution is -1.94. The highest BCUT2D eigenvalue weighted by atomic mass is 16.5. The predicted molar refractivity (Wildman–Crippen MR) is 75.2 cm³/mol. The normalized spacial score (nSPS) is 10.2. The molecule has 96 valence electrons. The molecule has 0 unspecified atom stereocenters. The summed E-state index contributed by atoms with van der Waals surface area (Å²) in [7, 11) is 0. The fraction of sp³-hybridized carbons (Fsp3) is 0. The van der Waals surface area contributed by atoms with Crippen molar-refractivity contribution < 1.29 is 4.74 Å². The lowest BCUT2D eigenvalue weighted by molar-refractivity contribution is 0.466. The molecule has 0 aliphatic rings. The molecule has 2 aromatic carbocycles. The van der Waals surface area contributed by atoms with Crippen LogP contribution >= 0.6 is 0 Å². The molecule has 1 heterocycles. The number of ether oxygens (including phenoxy) is 1. The SMILES string of the molecule is N#Cc1nccc(Oc2ccc(N)c3ccccc23)n1. The van der Waals surface area contributed by atoms with Crippen LogP contribution in [0.4, 0.5) is 5.69 Å². The fourth-order valence-electron chi connectivity index (χ4n) is 1.95. The Bertz CT molecular complexity index is 823. The molecule has 2 N–H and O–H groups in total. The van der Waals surface area contributed by atoms with E-state index in [0.717, 1.165) is 10.8 Å². The maximum atomic E-state index is 8.79. The molecule has 0 spiro atoms. The van der Waals surface area contributed by atoms with E-state index in [0.29, 0.717) is 17.3 Å².